The van der Waals surface area contributed by atoms with Crippen LogP contribution in [0, 0.1) is 11.3 Å². The Labute approximate surface area is 120 Å². The first-order chi connectivity index (χ1) is 8.92. The molecule has 19 heavy (non-hydrogen) atoms. The maximum atomic E-state index is 6.59. The molecule has 2 saturated carbocycles. The van der Waals surface area contributed by atoms with Crippen LogP contribution in [0.15, 0.2) is 0 Å². The second-order valence-electron chi connectivity index (χ2n) is 7.98. The van der Waals surface area contributed by atoms with Gasteiger partial charge in [0.25, 0.3) is 0 Å². The highest BCUT2D eigenvalue weighted by molar-refractivity contribution is 5.01. The predicted molar refractivity (Wildman–Crippen MR) is 83.2 cm³/mol. The summed E-state index contributed by atoms with van der Waals surface area (Å²) in [6, 6.07) is 1.82. The van der Waals surface area contributed by atoms with Crippen LogP contribution >= 0.6 is 0 Å². The Morgan fingerprint density at radius 1 is 1.16 bits per heavy atom. The lowest BCUT2D eigenvalue weighted by Gasteiger charge is -2.39. The van der Waals surface area contributed by atoms with Crippen molar-refractivity contribution in [3.8, 4) is 0 Å². The minimum atomic E-state index is 0.333. The molecule has 0 aromatic rings. The molecule has 0 aromatic heterocycles. The van der Waals surface area contributed by atoms with E-state index in [1.54, 1.807) is 0 Å². The van der Waals surface area contributed by atoms with Crippen LogP contribution in [0.1, 0.15) is 72.6 Å². The van der Waals surface area contributed by atoms with E-state index in [1.165, 1.54) is 51.5 Å². The highest BCUT2D eigenvalue weighted by atomic mass is 15.2. The van der Waals surface area contributed by atoms with Gasteiger partial charge in [-0.3, -0.25) is 4.90 Å². The third-order valence-electron chi connectivity index (χ3n) is 5.59. The summed E-state index contributed by atoms with van der Waals surface area (Å²) in [7, 11) is 0. The van der Waals surface area contributed by atoms with Gasteiger partial charge in [0.15, 0.2) is 0 Å². The normalized spacial score (nSPS) is 31.7. The van der Waals surface area contributed by atoms with Crippen molar-refractivity contribution in [2.24, 2.45) is 17.1 Å². The smallest absolute Gasteiger partial charge is 0.0255 e. The topological polar surface area (TPSA) is 29.3 Å². The summed E-state index contributed by atoms with van der Waals surface area (Å²) < 4.78 is 0. The molecule has 2 atom stereocenters. The Balaban J connectivity index is 2.04. The molecular formula is C17H34N2. The van der Waals surface area contributed by atoms with Crippen LogP contribution in [0.3, 0.4) is 0 Å². The minimum Gasteiger partial charge on any atom is -0.326 e. The second kappa shape index (κ2) is 6.13. The van der Waals surface area contributed by atoms with Crippen molar-refractivity contribution >= 4 is 0 Å². The van der Waals surface area contributed by atoms with Crippen LogP contribution in [0.5, 0.6) is 0 Å². The van der Waals surface area contributed by atoms with E-state index in [-0.39, 0.29) is 0 Å². The largest absolute Gasteiger partial charge is 0.326 e. The molecule has 0 amide bonds. The lowest BCUT2D eigenvalue weighted by molar-refractivity contribution is 0.108. The molecular weight excluding hydrogens is 232 g/mol. The summed E-state index contributed by atoms with van der Waals surface area (Å²) in [6.45, 7) is 10.6. The van der Waals surface area contributed by atoms with Gasteiger partial charge in [-0.1, -0.05) is 40.5 Å². The van der Waals surface area contributed by atoms with Crippen molar-refractivity contribution in [3.05, 3.63) is 0 Å². The Morgan fingerprint density at radius 3 is 2.26 bits per heavy atom. The number of nitrogens with zero attached hydrogens (tertiary/aromatic N) is 1. The third-order valence-corrected chi connectivity index (χ3v) is 5.59. The maximum absolute atomic E-state index is 6.59. The molecule has 0 heterocycles. The van der Waals surface area contributed by atoms with Gasteiger partial charge in [-0.2, -0.15) is 0 Å². The van der Waals surface area contributed by atoms with Crippen LogP contribution in [0.25, 0.3) is 0 Å². The monoisotopic (exact) mass is 266 g/mol. The quantitative estimate of drug-likeness (QED) is 0.820. The third kappa shape index (κ3) is 3.52. The Morgan fingerprint density at radius 2 is 1.79 bits per heavy atom. The van der Waals surface area contributed by atoms with Gasteiger partial charge in [0, 0.05) is 18.1 Å². The highest BCUT2D eigenvalue weighted by Gasteiger charge is 2.43. The lowest BCUT2D eigenvalue weighted by Crippen LogP contribution is -2.52. The van der Waals surface area contributed by atoms with Gasteiger partial charge in [0.05, 0.1) is 0 Å². The van der Waals surface area contributed by atoms with Gasteiger partial charge in [0.2, 0.25) is 0 Å². The molecule has 0 aromatic carbocycles. The average molecular weight is 266 g/mol. The van der Waals surface area contributed by atoms with E-state index >= 15 is 0 Å². The van der Waals surface area contributed by atoms with Crippen molar-refractivity contribution in [3.63, 3.8) is 0 Å². The van der Waals surface area contributed by atoms with Crippen molar-refractivity contribution in [1.82, 2.24) is 4.90 Å². The second-order valence-corrected chi connectivity index (χ2v) is 7.98. The Hall–Kier alpha value is -0.0800. The standard InChI is InChI=1S/C17H34N2/c1-13(2)10-12-19(14-7-5-6-8-14)15-9-11-17(3,4)16(15)18/h13-16H,5-12,18H2,1-4H3. The zero-order valence-corrected chi connectivity index (χ0v) is 13.5. The minimum absolute atomic E-state index is 0.333. The zero-order chi connectivity index (χ0) is 14.0. The van der Waals surface area contributed by atoms with Gasteiger partial charge in [0.1, 0.15) is 0 Å². The SMILES string of the molecule is CC(C)CCN(C1CCCC1)C1CCC(C)(C)C1N. The first-order valence-corrected chi connectivity index (χ1v) is 8.43. The number of hydrogen-bond acceptors (Lipinski definition) is 2. The molecule has 2 aliphatic rings. The fraction of sp³-hybridized carbons (Fsp3) is 1.00. The summed E-state index contributed by atoms with van der Waals surface area (Å²) in [4.78, 5) is 2.81. The fourth-order valence-corrected chi connectivity index (χ4v) is 4.02. The van der Waals surface area contributed by atoms with Crippen LogP contribution in [-0.2, 0) is 0 Å². The number of nitrogens with two attached hydrogens (primary N) is 1. The van der Waals surface area contributed by atoms with Gasteiger partial charge < -0.3 is 5.73 Å². The van der Waals surface area contributed by atoms with Gasteiger partial charge in [-0.25, -0.2) is 0 Å². The van der Waals surface area contributed by atoms with Crippen molar-refractivity contribution in [2.45, 2.75) is 90.8 Å². The number of hydrogen-bond donors (Lipinski definition) is 1. The molecule has 2 aliphatic carbocycles. The van der Waals surface area contributed by atoms with Gasteiger partial charge in [-0.05, 0) is 50.0 Å². The summed E-state index contributed by atoms with van der Waals surface area (Å²) in [5.41, 5.74) is 6.92. The molecule has 0 spiro atoms. The van der Waals surface area contributed by atoms with E-state index in [1.807, 2.05) is 0 Å². The van der Waals surface area contributed by atoms with Crippen molar-refractivity contribution in [2.75, 3.05) is 6.54 Å². The van der Waals surface area contributed by atoms with E-state index in [0.29, 0.717) is 17.5 Å². The van der Waals surface area contributed by atoms with Crippen LogP contribution in [0.4, 0.5) is 0 Å². The molecule has 112 valence electrons. The maximum Gasteiger partial charge on any atom is 0.0255 e. The van der Waals surface area contributed by atoms with Crippen LogP contribution < -0.4 is 5.73 Å². The lowest BCUT2D eigenvalue weighted by atomic mass is 9.86. The summed E-state index contributed by atoms with van der Waals surface area (Å²) in [6.07, 6.45) is 9.58. The van der Waals surface area contributed by atoms with Crippen molar-refractivity contribution < 1.29 is 0 Å². The van der Waals surface area contributed by atoms with Crippen LogP contribution in [-0.4, -0.2) is 29.6 Å². The molecule has 0 saturated heterocycles. The molecule has 0 bridgehead atoms. The zero-order valence-electron chi connectivity index (χ0n) is 13.5. The van der Waals surface area contributed by atoms with E-state index in [9.17, 15) is 0 Å². The molecule has 0 radical (unpaired) electrons. The predicted octanol–water partition coefficient (Wildman–Crippen LogP) is 3.79. The van der Waals surface area contributed by atoms with E-state index in [2.05, 4.69) is 32.6 Å². The molecule has 2 rings (SSSR count). The molecule has 2 fully saturated rings. The summed E-state index contributed by atoms with van der Waals surface area (Å²) >= 11 is 0. The Bertz CT molecular complexity index is 279. The van der Waals surface area contributed by atoms with E-state index < -0.39 is 0 Å². The molecule has 2 nitrogen and oxygen atoms in total. The highest BCUT2D eigenvalue weighted by Crippen LogP contribution is 2.40. The Kier molecular flexibility index (Phi) is 4.94. The fourth-order valence-electron chi connectivity index (χ4n) is 4.02. The molecule has 2 heteroatoms. The molecule has 2 unspecified atom stereocenters. The summed E-state index contributed by atoms with van der Waals surface area (Å²) in [5.74, 6) is 0.801. The molecule has 0 aliphatic heterocycles. The number of rotatable bonds is 5. The summed E-state index contributed by atoms with van der Waals surface area (Å²) in [5, 5.41) is 0. The van der Waals surface area contributed by atoms with Gasteiger partial charge in [-0.15, -0.1) is 0 Å². The first kappa shape index (κ1) is 15.3. The van der Waals surface area contributed by atoms with Gasteiger partial charge >= 0.3 is 0 Å². The van der Waals surface area contributed by atoms with E-state index in [0.717, 1.165) is 12.0 Å². The van der Waals surface area contributed by atoms with E-state index in [4.69, 9.17) is 5.73 Å². The van der Waals surface area contributed by atoms with Crippen molar-refractivity contribution in [1.29, 1.82) is 0 Å². The first-order valence-electron chi connectivity index (χ1n) is 8.43. The molecule has 2 N–H and O–H groups in total. The average Bonchev–Trinajstić information content (AvgIpc) is 2.92. The van der Waals surface area contributed by atoms with Crippen LogP contribution in [0.2, 0.25) is 0 Å².